The number of fused-ring (bicyclic) bond motifs is 6. The van der Waals surface area contributed by atoms with Crippen molar-refractivity contribution in [3.63, 3.8) is 0 Å². The molecular weight excluding hydrogens is 707 g/mol. The quantitative estimate of drug-likeness (QED) is 0.176. The zero-order valence-electron chi connectivity index (χ0n) is 31.8. The van der Waals surface area contributed by atoms with E-state index in [-0.39, 0.29) is 0 Å². The molecule has 0 N–H and O–H groups in total. The van der Waals surface area contributed by atoms with Crippen LogP contribution < -0.4 is 0 Å². The molecule has 10 rings (SSSR count). The van der Waals surface area contributed by atoms with Crippen LogP contribution in [0.5, 0.6) is 0 Å². The Hall–Kier alpha value is -8.17. The first-order valence-electron chi connectivity index (χ1n) is 19.2. The van der Waals surface area contributed by atoms with Crippen LogP contribution in [0.3, 0.4) is 0 Å². The molecule has 0 aliphatic rings. The molecule has 0 unspecified atom stereocenters. The SMILES string of the molecule is Cc1cccc(-c2ccc3c4ccccc4n(-c4cc(-c5cc(C#N)cc(C#N)c5)cc(-n5c6ccccc6c6ccc(-c7cccc(C)c7)cc65)c4C#N)c3c2)c1. The van der Waals surface area contributed by atoms with Crippen LogP contribution in [0.2, 0.25) is 0 Å². The van der Waals surface area contributed by atoms with Gasteiger partial charge in [-0.3, -0.25) is 0 Å². The van der Waals surface area contributed by atoms with Crippen molar-refractivity contribution < 1.29 is 0 Å². The van der Waals surface area contributed by atoms with Crippen LogP contribution in [-0.2, 0) is 0 Å². The predicted octanol–water partition coefficient (Wildman–Crippen LogP) is 13.1. The largest absolute Gasteiger partial charge is 0.308 e. The lowest BCUT2D eigenvalue weighted by Gasteiger charge is -2.19. The van der Waals surface area contributed by atoms with E-state index in [9.17, 15) is 15.8 Å². The number of nitrogens with zero attached hydrogens (tertiary/aromatic N) is 5. The standard InChI is InChI=1S/C53H33N5/c1-33-9-7-11-37(21-33)39-17-19-45-43-13-3-5-15-48(43)57(50(45)26-39)52-28-42(41-24-35(30-54)23-36(25-41)31-55)29-53(47(52)32-56)58-49-16-6-4-14-44(49)46-20-18-40(27-51(46)58)38-12-8-10-34(2)22-38/h3-29H,1-2H3. The van der Waals surface area contributed by atoms with Gasteiger partial charge in [-0.15, -0.1) is 0 Å². The topological polar surface area (TPSA) is 81.2 Å². The van der Waals surface area contributed by atoms with Gasteiger partial charge in [0.1, 0.15) is 11.6 Å². The summed E-state index contributed by atoms with van der Waals surface area (Å²) < 4.78 is 4.42. The molecular formula is C53H33N5. The second-order valence-electron chi connectivity index (χ2n) is 14.9. The van der Waals surface area contributed by atoms with Crippen LogP contribution in [0.1, 0.15) is 27.8 Å². The number of para-hydroxylation sites is 2. The Morgan fingerprint density at radius 3 is 1.22 bits per heavy atom. The molecule has 270 valence electrons. The predicted molar refractivity (Wildman–Crippen MR) is 235 cm³/mol. The second kappa shape index (κ2) is 13.5. The van der Waals surface area contributed by atoms with Crippen molar-refractivity contribution in [3.05, 3.63) is 192 Å². The molecule has 0 fully saturated rings. The molecule has 10 aromatic rings. The fourth-order valence-electron chi connectivity index (χ4n) is 8.64. The molecule has 58 heavy (non-hydrogen) atoms. The molecule has 2 heterocycles. The Morgan fingerprint density at radius 1 is 0.345 bits per heavy atom. The molecule has 0 aliphatic heterocycles. The van der Waals surface area contributed by atoms with Gasteiger partial charge in [0.2, 0.25) is 0 Å². The van der Waals surface area contributed by atoms with Crippen molar-refractivity contribution in [1.29, 1.82) is 15.8 Å². The van der Waals surface area contributed by atoms with Crippen molar-refractivity contribution in [2.75, 3.05) is 0 Å². The molecule has 5 nitrogen and oxygen atoms in total. The van der Waals surface area contributed by atoms with E-state index in [2.05, 4.69) is 150 Å². The first-order chi connectivity index (χ1) is 28.4. The van der Waals surface area contributed by atoms with E-state index in [0.717, 1.165) is 71.4 Å². The molecule has 5 heteroatoms. The van der Waals surface area contributed by atoms with E-state index < -0.39 is 0 Å². The average Bonchev–Trinajstić information content (AvgIpc) is 3.77. The lowest BCUT2D eigenvalue weighted by molar-refractivity contribution is 1.12. The summed E-state index contributed by atoms with van der Waals surface area (Å²) in [4.78, 5) is 0. The summed E-state index contributed by atoms with van der Waals surface area (Å²) in [6.07, 6.45) is 0. The van der Waals surface area contributed by atoms with Gasteiger partial charge in [-0.1, -0.05) is 120 Å². The van der Waals surface area contributed by atoms with E-state index in [1.54, 1.807) is 6.07 Å². The lowest BCUT2D eigenvalue weighted by atomic mass is 9.97. The minimum Gasteiger partial charge on any atom is -0.308 e. The van der Waals surface area contributed by atoms with Crippen molar-refractivity contribution >= 4 is 43.6 Å². The Bertz CT molecular complexity index is 3250. The van der Waals surface area contributed by atoms with Crippen molar-refractivity contribution in [2.24, 2.45) is 0 Å². The Labute approximate surface area is 335 Å². The third-order valence-corrected chi connectivity index (χ3v) is 11.3. The molecule has 0 aliphatic carbocycles. The molecule has 0 spiro atoms. The van der Waals surface area contributed by atoms with E-state index in [1.165, 1.54) is 11.1 Å². The molecule has 2 aromatic heterocycles. The molecule has 0 bridgehead atoms. The Morgan fingerprint density at radius 2 is 0.776 bits per heavy atom. The van der Waals surface area contributed by atoms with Gasteiger partial charge in [-0.05, 0) is 102 Å². The molecule has 0 saturated heterocycles. The molecule has 8 aromatic carbocycles. The minimum absolute atomic E-state index is 0.390. The van der Waals surface area contributed by atoms with Crippen molar-refractivity contribution in [3.8, 4) is 63.0 Å². The molecule has 0 saturated carbocycles. The van der Waals surface area contributed by atoms with Gasteiger partial charge in [0, 0.05) is 21.5 Å². The van der Waals surface area contributed by atoms with Gasteiger partial charge >= 0.3 is 0 Å². The third-order valence-electron chi connectivity index (χ3n) is 11.3. The first-order valence-corrected chi connectivity index (χ1v) is 19.2. The zero-order valence-corrected chi connectivity index (χ0v) is 31.8. The summed E-state index contributed by atoms with van der Waals surface area (Å²) in [6, 6.07) is 63.3. The number of nitriles is 3. The van der Waals surface area contributed by atoms with Crippen molar-refractivity contribution in [1.82, 2.24) is 9.13 Å². The van der Waals surface area contributed by atoms with Crippen LogP contribution >= 0.6 is 0 Å². The Balaban J connectivity index is 1.36. The fourth-order valence-corrected chi connectivity index (χ4v) is 8.64. The fraction of sp³-hybridized carbons (Fsp3) is 0.0377. The molecule has 0 radical (unpaired) electrons. The number of hydrogen-bond donors (Lipinski definition) is 0. The highest BCUT2D eigenvalue weighted by molar-refractivity contribution is 6.12. The number of aromatic nitrogens is 2. The summed E-state index contributed by atoms with van der Waals surface area (Å²) in [5.74, 6) is 0. The van der Waals surface area contributed by atoms with Crippen molar-refractivity contribution in [2.45, 2.75) is 13.8 Å². The molecule has 0 atom stereocenters. The highest BCUT2D eigenvalue weighted by Gasteiger charge is 2.23. The van der Waals surface area contributed by atoms with Crippen LogP contribution in [0.25, 0.3) is 88.4 Å². The minimum atomic E-state index is 0.390. The van der Waals surface area contributed by atoms with Crippen LogP contribution in [-0.4, -0.2) is 9.13 Å². The Kier molecular flexibility index (Phi) is 8.01. The summed E-state index contributed by atoms with van der Waals surface area (Å²) in [5.41, 5.74) is 14.7. The van der Waals surface area contributed by atoms with Gasteiger partial charge in [-0.25, -0.2) is 0 Å². The van der Waals surface area contributed by atoms with E-state index >= 15 is 0 Å². The van der Waals surface area contributed by atoms with E-state index in [4.69, 9.17) is 0 Å². The van der Waals surface area contributed by atoms with Gasteiger partial charge in [0.05, 0.1) is 56.7 Å². The maximum atomic E-state index is 11.5. The summed E-state index contributed by atoms with van der Waals surface area (Å²) in [6.45, 7) is 4.20. The maximum absolute atomic E-state index is 11.5. The third kappa shape index (κ3) is 5.52. The number of hydrogen-bond acceptors (Lipinski definition) is 3. The number of benzene rings is 8. The van der Waals surface area contributed by atoms with E-state index in [1.807, 2.05) is 48.5 Å². The van der Waals surface area contributed by atoms with Gasteiger partial charge in [0.15, 0.2) is 0 Å². The highest BCUT2D eigenvalue weighted by atomic mass is 15.0. The normalized spacial score (nSPS) is 11.2. The van der Waals surface area contributed by atoms with Crippen LogP contribution in [0.15, 0.2) is 164 Å². The maximum Gasteiger partial charge on any atom is 0.104 e. The van der Waals surface area contributed by atoms with Gasteiger partial charge < -0.3 is 9.13 Å². The first kappa shape index (κ1) is 34.3. The van der Waals surface area contributed by atoms with Crippen LogP contribution in [0, 0.1) is 47.8 Å². The smallest absolute Gasteiger partial charge is 0.104 e. The number of rotatable bonds is 5. The summed E-state index contributed by atoms with van der Waals surface area (Å²) >= 11 is 0. The summed E-state index contributed by atoms with van der Waals surface area (Å²) in [7, 11) is 0. The average molecular weight is 740 g/mol. The lowest BCUT2D eigenvalue weighted by Crippen LogP contribution is -2.05. The van der Waals surface area contributed by atoms with Crippen LogP contribution in [0.4, 0.5) is 0 Å². The summed E-state index contributed by atoms with van der Waals surface area (Å²) in [5, 5.41) is 35.9. The monoisotopic (exact) mass is 739 g/mol. The second-order valence-corrected chi connectivity index (χ2v) is 14.9. The van der Waals surface area contributed by atoms with Gasteiger partial charge in [-0.2, -0.15) is 15.8 Å². The molecule has 0 amide bonds. The van der Waals surface area contributed by atoms with Gasteiger partial charge in [0.25, 0.3) is 0 Å². The van der Waals surface area contributed by atoms with E-state index in [0.29, 0.717) is 33.6 Å². The zero-order chi connectivity index (χ0) is 39.5. The number of aryl methyl sites for hydroxylation is 2. The highest BCUT2D eigenvalue weighted by Crippen LogP contribution is 2.42.